The third-order valence-electron chi connectivity index (χ3n) is 1.63. The summed E-state index contributed by atoms with van der Waals surface area (Å²) < 4.78 is 0. The topological polar surface area (TPSA) is 37.3 Å². The maximum absolute atomic E-state index is 4.28. The largest absolute Gasteiger partial charge is 0.368 e. The molecule has 1 aromatic rings. The maximum Gasteiger partial charge on any atom is 0.128 e. The van der Waals surface area contributed by atoms with Crippen molar-refractivity contribution in [3.05, 3.63) is 30.1 Å². The Morgan fingerprint density at radius 1 is 1.25 bits per heavy atom. The smallest absolute Gasteiger partial charge is 0.128 e. The molecule has 1 aliphatic rings. The van der Waals surface area contributed by atoms with E-state index in [0.29, 0.717) is 0 Å². The van der Waals surface area contributed by atoms with Gasteiger partial charge in [0.2, 0.25) is 0 Å². The number of nitrogens with zero attached hydrogens (tertiary/aromatic N) is 2. The van der Waals surface area contributed by atoms with Gasteiger partial charge in [-0.15, -0.1) is 12.4 Å². The van der Waals surface area contributed by atoms with Crippen LogP contribution in [0.3, 0.4) is 0 Å². The van der Waals surface area contributed by atoms with Gasteiger partial charge in [0.05, 0.1) is 6.54 Å². The van der Waals surface area contributed by atoms with E-state index in [1.165, 1.54) is 0 Å². The van der Waals surface area contributed by atoms with E-state index in [9.17, 15) is 0 Å². The quantitative estimate of drug-likeness (QED) is 0.701. The lowest BCUT2D eigenvalue weighted by atomic mass is 10.2. The SMILES string of the molecule is Cl.c1cc(C2=NCCN2)ccn1. The number of pyridine rings is 1. The number of hydrogen-bond donors (Lipinski definition) is 1. The second kappa shape index (κ2) is 4.07. The van der Waals surface area contributed by atoms with Gasteiger partial charge in [0.15, 0.2) is 0 Å². The summed E-state index contributed by atoms with van der Waals surface area (Å²) in [5.41, 5.74) is 1.12. The molecule has 64 valence electrons. The molecule has 12 heavy (non-hydrogen) atoms. The molecular formula is C8H10ClN3. The van der Waals surface area contributed by atoms with Crippen LogP contribution in [0.5, 0.6) is 0 Å². The minimum Gasteiger partial charge on any atom is -0.368 e. The molecule has 0 saturated heterocycles. The van der Waals surface area contributed by atoms with Gasteiger partial charge >= 0.3 is 0 Å². The lowest BCUT2D eigenvalue weighted by Gasteiger charge is -1.99. The Hall–Kier alpha value is -1.09. The lowest BCUT2D eigenvalue weighted by molar-refractivity contribution is 0.960. The molecule has 0 saturated carbocycles. The highest BCUT2D eigenvalue weighted by Crippen LogP contribution is 1.99. The second-order valence-electron chi connectivity index (χ2n) is 2.39. The van der Waals surface area contributed by atoms with E-state index in [-0.39, 0.29) is 12.4 Å². The second-order valence-corrected chi connectivity index (χ2v) is 2.39. The number of nitrogens with one attached hydrogen (secondary N) is 1. The Morgan fingerprint density at radius 2 is 2.00 bits per heavy atom. The fourth-order valence-corrected chi connectivity index (χ4v) is 1.10. The third-order valence-corrected chi connectivity index (χ3v) is 1.63. The highest BCUT2D eigenvalue weighted by atomic mass is 35.5. The van der Waals surface area contributed by atoms with Gasteiger partial charge in [-0.25, -0.2) is 0 Å². The molecule has 0 fully saturated rings. The minimum absolute atomic E-state index is 0. The van der Waals surface area contributed by atoms with Crippen molar-refractivity contribution in [2.45, 2.75) is 0 Å². The molecule has 0 unspecified atom stereocenters. The molecular weight excluding hydrogens is 174 g/mol. The van der Waals surface area contributed by atoms with Gasteiger partial charge < -0.3 is 5.32 Å². The van der Waals surface area contributed by atoms with Crippen LogP contribution >= 0.6 is 12.4 Å². The predicted molar refractivity (Wildman–Crippen MR) is 50.9 cm³/mol. The molecule has 1 aliphatic heterocycles. The normalized spacial score (nSPS) is 14.5. The zero-order valence-corrected chi connectivity index (χ0v) is 7.34. The summed E-state index contributed by atoms with van der Waals surface area (Å²) >= 11 is 0. The van der Waals surface area contributed by atoms with Gasteiger partial charge in [0.1, 0.15) is 5.84 Å². The van der Waals surface area contributed by atoms with Crippen LogP contribution in [0.4, 0.5) is 0 Å². The van der Waals surface area contributed by atoms with Crippen LogP contribution in [0, 0.1) is 0 Å². The van der Waals surface area contributed by atoms with E-state index < -0.39 is 0 Å². The molecule has 1 N–H and O–H groups in total. The first-order valence-corrected chi connectivity index (χ1v) is 3.65. The van der Waals surface area contributed by atoms with E-state index in [1.54, 1.807) is 12.4 Å². The highest BCUT2D eigenvalue weighted by molar-refractivity contribution is 5.99. The van der Waals surface area contributed by atoms with Crippen molar-refractivity contribution in [2.75, 3.05) is 13.1 Å². The van der Waals surface area contributed by atoms with Crippen LogP contribution in [0.2, 0.25) is 0 Å². The van der Waals surface area contributed by atoms with Gasteiger partial charge in [-0.05, 0) is 12.1 Å². The van der Waals surface area contributed by atoms with Gasteiger partial charge in [0.25, 0.3) is 0 Å². The Bertz CT molecular complexity index is 271. The molecule has 0 amide bonds. The molecule has 4 heteroatoms. The number of hydrogen-bond acceptors (Lipinski definition) is 3. The Balaban J connectivity index is 0.000000720. The van der Waals surface area contributed by atoms with Crippen molar-refractivity contribution in [3.63, 3.8) is 0 Å². The molecule has 0 radical (unpaired) electrons. The van der Waals surface area contributed by atoms with Crippen LogP contribution in [0.25, 0.3) is 0 Å². The molecule has 0 spiro atoms. The average Bonchev–Trinajstić information content (AvgIpc) is 2.58. The van der Waals surface area contributed by atoms with Crippen LogP contribution in [-0.2, 0) is 0 Å². The number of aliphatic imine (C=N–C) groups is 1. The van der Waals surface area contributed by atoms with E-state index in [1.807, 2.05) is 12.1 Å². The zero-order chi connectivity index (χ0) is 7.52. The van der Waals surface area contributed by atoms with E-state index in [2.05, 4.69) is 15.3 Å². The van der Waals surface area contributed by atoms with Crippen molar-refractivity contribution in [2.24, 2.45) is 4.99 Å². The van der Waals surface area contributed by atoms with Crippen molar-refractivity contribution in [1.82, 2.24) is 10.3 Å². The number of aromatic nitrogens is 1. The summed E-state index contributed by atoms with van der Waals surface area (Å²) in [7, 11) is 0. The summed E-state index contributed by atoms with van der Waals surface area (Å²) in [5.74, 6) is 0.993. The highest BCUT2D eigenvalue weighted by Gasteiger charge is 2.05. The first kappa shape index (κ1) is 9.00. The van der Waals surface area contributed by atoms with E-state index in [0.717, 1.165) is 24.5 Å². The van der Waals surface area contributed by atoms with Gasteiger partial charge in [0, 0.05) is 24.5 Å². The molecule has 0 aromatic carbocycles. The van der Waals surface area contributed by atoms with E-state index >= 15 is 0 Å². The standard InChI is InChI=1S/C8H9N3.ClH/c1-3-9-4-2-7(1)8-10-5-6-11-8;/h1-4H,5-6H2,(H,10,11);1H. The van der Waals surface area contributed by atoms with Crippen molar-refractivity contribution < 1.29 is 0 Å². The molecule has 0 aliphatic carbocycles. The number of halogens is 1. The van der Waals surface area contributed by atoms with Crippen molar-refractivity contribution >= 4 is 18.2 Å². The monoisotopic (exact) mass is 183 g/mol. The fraction of sp³-hybridized carbons (Fsp3) is 0.250. The van der Waals surface area contributed by atoms with Crippen molar-refractivity contribution in [3.8, 4) is 0 Å². The van der Waals surface area contributed by atoms with Crippen molar-refractivity contribution in [1.29, 1.82) is 0 Å². The Kier molecular flexibility index (Phi) is 3.05. The maximum atomic E-state index is 4.28. The van der Waals surface area contributed by atoms with Gasteiger partial charge in [-0.3, -0.25) is 9.98 Å². The predicted octanol–water partition coefficient (Wildman–Crippen LogP) is 0.853. The zero-order valence-electron chi connectivity index (χ0n) is 6.53. The summed E-state index contributed by atoms with van der Waals surface area (Å²) in [4.78, 5) is 8.22. The van der Waals surface area contributed by atoms with Gasteiger partial charge in [-0.2, -0.15) is 0 Å². The minimum atomic E-state index is 0. The first-order chi connectivity index (χ1) is 5.47. The molecule has 1 aromatic heterocycles. The number of rotatable bonds is 1. The summed E-state index contributed by atoms with van der Waals surface area (Å²) in [5, 5.41) is 3.20. The third kappa shape index (κ3) is 1.74. The molecule has 0 bridgehead atoms. The van der Waals surface area contributed by atoms with Crippen LogP contribution in [-0.4, -0.2) is 23.9 Å². The van der Waals surface area contributed by atoms with Crippen LogP contribution in [0.15, 0.2) is 29.5 Å². The summed E-state index contributed by atoms with van der Waals surface area (Å²) in [6, 6.07) is 3.91. The molecule has 2 rings (SSSR count). The van der Waals surface area contributed by atoms with Crippen LogP contribution in [0.1, 0.15) is 5.56 Å². The Morgan fingerprint density at radius 3 is 2.58 bits per heavy atom. The molecule has 2 heterocycles. The Labute approximate surface area is 77.3 Å². The summed E-state index contributed by atoms with van der Waals surface area (Å²) in [6.07, 6.45) is 3.55. The van der Waals surface area contributed by atoms with Gasteiger partial charge in [-0.1, -0.05) is 0 Å². The molecule has 0 atom stereocenters. The number of amidine groups is 1. The average molecular weight is 184 g/mol. The summed E-state index contributed by atoms with van der Waals surface area (Å²) in [6.45, 7) is 1.84. The van der Waals surface area contributed by atoms with Crippen LogP contribution < -0.4 is 5.32 Å². The lowest BCUT2D eigenvalue weighted by Crippen LogP contribution is -2.19. The first-order valence-electron chi connectivity index (χ1n) is 3.65. The molecule has 3 nitrogen and oxygen atoms in total. The fourth-order valence-electron chi connectivity index (χ4n) is 1.10. The van der Waals surface area contributed by atoms with E-state index in [4.69, 9.17) is 0 Å².